The van der Waals surface area contributed by atoms with Crippen LogP contribution in [-0.4, -0.2) is 19.7 Å². The topological polar surface area (TPSA) is 35.5 Å². The predicted octanol–water partition coefficient (Wildman–Crippen LogP) is 4.13. The van der Waals surface area contributed by atoms with E-state index in [4.69, 9.17) is 4.74 Å². The van der Waals surface area contributed by atoms with Crippen LogP contribution < -0.4 is 4.74 Å². The molecule has 0 aliphatic carbocycles. The Kier molecular flexibility index (Phi) is 7.01. The van der Waals surface area contributed by atoms with Crippen molar-refractivity contribution in [1.82, 2.24) is 0 Å². The van der Waals surface area contributed by atoms with Gasteiger partial charge in [-0.25, -0.2) is 4.79 Å². The molecule has 0 fully saturated rings. The van der Waals surface area contributed by atoms with E-state index in [0.717, 1.165) is 24.3 Å². The van der Waals surface area contributed by atoms with Gasteiger partial charge in [0.15, 0.2) is 0 Å². The lowest BCUT2D eigenvalue weighted by Gasteiger charge is -2.10. The third kappa shape index (κ3) is 5.33. The molecule has 3 nitrogen and oxygen atoms in total. The standard InChI is InChI=1S/C16H24O3/c1-4-5-6-7-8-11-19-15-10-9-14(12-13(15)2)16(17)18-3/h9-10,12H,4-8,11H2,1-3H3. The van der Waals surface area contributed by atoms with E-state index in [1.54, 1.807) is 12.1 Å². The molecule has 3 heteroatoms. The molecule has 0 aliphatic rings. The number of hydrogen-bond acceptors (Lipinski definition) is 3. The van der Waals surface area contributed by atoms with Crippen LogP contribution in [0.4, 0.5) is 0 Å². The van der Waals surface area contributed by atoms with Gasteiger partial charge in [0, 0.05) is 0 Å². The molecule has 0 saturated carbocycles. The van der Waals surface area contributed by atoms with Gasteiger partial charge < -0.3 is 9.47 Å². The summed E-state index contributed by atoms with van der Waals surface area (Å²) < 4.78 is 10.4. The third-order valence-electron chi connectivity index (χ3n) is 3.10. The highest BCUT2D eigenvalue weighted by Gasteiger charge is 2.07. The summed E-state index contributed by atoms with van der Waals surface area (Å²) >= 11 is 0. The Hall–Kier alpha value is -1.51. The van der Waals surface area contributed by atoms with Crippen LogP contribution in [0.1, 0.15) is 54.9 Å². The van der Waals surface area contributed by atoms with Crippen molar-refractivity contribution < 1.29 is 14.3 Å². The van der Waals surface area contributed by atoms with Crippen LogP contribution in [0.2, 0.25) is 0 Å². The summed E-state index contributed by atoms with van der Waals surface area (Å²) in [5.41, 5.74) is 1.53. The second-order valence-corrected chi connectivity index (χ2v) is 4.73. The van der Waals surface area contributed by atoms with Gasteiger partial charge in [0.1, 0.15) is 5.75 Å². The van der Waals surface area contributed by atoms with Crippen molar-refractivity contribution >= 4 is 5.97 Å². The highest BCUT2D eigenvalue weighted by molar-refractivity contribution is 5.89. The summed E-state index contributed by atoms with van der Waals surface area (Å²) in [5.74, 6) is 0.539. The number of carbonyl (C=O) groups is 1. The first-order valence-corrected chi connectivity index (χ1v) is 7.00. The number of carbonyl (C=O) groups excluding carboxylic acids is 1. The Labute approximate surface area is 115 Å². The van der Waals surface area contributed by atoms with Gasteiger partial charge in [0.25, 0.3) is 0 Å². The van der Waals surface area contributed by atoms with Crippen LogP contribution in [0.15, 0.2) is 18.2 Å². The molecule has 0 radical (unpaired) electrons. The average molecular weight is 264 g/mol. The van der Waals surface area contributed by atoms with Gasteiger partial charge in [-0.3, -0.25) is 0 Å². The molecule has 0 unspecified atom stereocenters. The van der Waals surface area contributed by atoms with Crippen molar-refractivity contribution in [2.75, 3.05) is 13.7 Å². The fourth-order valence-corrected chi connectivity index (χ4v) is 1.94. The largest absolute Gasteiger partial charge is 0.493 e. The van der Waals surface area contributed by atoms with Gasteiger partial charge in [-0.1, -0.05) is 32.6 Å². The van der Waals surface area contributed by atoms with Gasteiger partial charge in [-0.15, -0.1) is 0 Å². The number of hydrogen-bond donors (Lipinski definition) is 0. The molecule has 0 aliphatic heterocycles. The zero-order chi connectivity index (χ0) is 14.1. The fourth-order valence-electron chi connectivity index (χ4n) is 1.94. The van der Waals surface area contributed by atoms with E-state index in [0.29, 0.717) is 5.56 Å². The molecule has 1 rings (SSSR count). The van der Waals surface area contributed by atoms with E-state index in [1.807, 2.05) is 13.0 Å². The Morgan fingerprint density at radius 2 is 1.89 bits per heavy atom. The minimum atomic E-state index is -0.311. The molecular formula is C16H24O3. The number of ether oxygens (including phenoxy) is 2. The molecule has 0 N–H and O–H groups in total. The lowest BCUT2D eigenvalue weighted by atomic mass is 10.1. The Morgan fingerprint density at radius 3 is 2.53 bits per heavy atom. The quantitative estimate of drug-likeness (QED) is 0.523. The van der Waals surface area contributed by atoms with Crippen molar-refractivity contribution in [2.45, 2.75) is 46.0 Å². The minimum absolute atomic E-state index is 0.311. The van der Waals surface area contributed by atoms with Crippen LogP contribution in [-0.2, 0) is 4.74 Å². The number of rotatable bonds is 8. The lowest BCUT2D eigenvalue weighted by molar-refractivity contribution is 0.0600. The van der Waals surface area contributed by atoms with Gasteiger partial charge in [0.2, 0.25) is 0 Å². The average Bonchev–Trinajstić information content (AvgIpc) is 2.43. The summed E-state index contributed by atoms with van der Waals surface area (Å²) in [5, 5.41) is 0. The summed E-state index contributed by atoms with van der Waals surface area (Å²) in [7, 11) is 1.39. The summed E-state index contributed by atoms with van der Waals surface area (Å²) in [6.07, 6.45) is 6.13. The number of methoxy groups -OCH3 is 1. The van der Waals surface area contributed by atoms with E-state index in [1.165, 1.54) is 32.8 Å². The van der Waals surface area contributed by atoms with Gasteiger partial charge >= 0.3 is 5.97 Å². The predicted molar refractivity (Wildman–Crippen MR) is 76.8 cm³/mol. The van der Waals surface area contributed by atoms with E-state index in [2.05, 4.69) is 11.7 Å². The van der Waals surface area contributed by atoms with Crippen molar-refractivity contribution in [3.8, 4) is 5.75 Å². The van der Waals surface area contributed by atoms with Crippen molar-refractivity contribution in [3.05, 3.63) is 29.3 Å². The fraction of sp³-hybridized carbons (Fsp3) is 0.562. The normalized spacial score (nSPS) is 10.3. The number of unbranched alkanes of at least 4 members (excludes halogenated alkanes) is 4. The van der Waals surface area contributed by atoms with E-state index >= 15 is 0 Å². The highest BCUT2D eigenvalue weighted by Crippen LogP contribution is 2.20. The Morgan fingerprint density at radius 1 is 1.16 bits per heavy atom. The first-order chi connectivity index (χ1) is 9.19. The maximum Gasteiger partial charge on any atom is 0.337 e. The van der Waals surface area contributed by atoms with Crippen LogP contribution in [0, 0.1) is 6.92 Å². The SMILES string of the molecule is CCCCCCCOc1ccc(C(=O)OC)cc1C. The smallest absolute Gasteiger partial charge is 0.337 e. The molecule has 0 bridgehead atoms. The summed E-state index contributed by atoms with van der Waals surface area (Å²) in [6.45, 7) is 4.89. The van der Waals surface area contributed by atoms with Crippen molar-refractivity contribution in [2.24, 2.45) is 0 Å². The maximum atomic E-state index is 11.4. The maximum absolute atomic E-state index is 11.4. The van der Waals surface area contributed by atoms with Gasteiger partial charge in [-0.2, -0.15) is 0 Å². The summed E-state index contributed by atoms with van der Waals surface area (Å²) in [4.78, 5) is 11.4. The van der Waals surface area contributed by atoms with E-state index in [-0.39, 0.29) is 5.97 Å². The van der Waals surface area contributed by atoms with Crippen molar-refractivity contribution in [3.63, 3.8) is 0 Å². The lowest BCUT2D eigenvalue weighted by Crippen LogP contribution is -2.03. The zero-order valence-electron chi connectivity index (χ0n) is 12.2. The molecule has 1 aromatic rings. The molecule has 19 heavy (non-hydrogen) atoms. The van der Waals surface area contributed by atoms with E-state index < -0.39 is 0 Å². The highest BCUT2D eigenvalue weighted by atomic mass is 16.5. The number of aryl methyl sites for hydroxylation is 1. The minimum Gasteiger partial charge on any atom is -0.493 e. The monoisotopic (exact) mass is 264 g/mol. The molecule has 106 valence electrons. The molecule has 0 spiro atoms. The molecule has 0 atom stereocenters. The molecule has 0 aromatic heterocycles. The molecule has 0 saturated heterocycles. The zero-order valence-corrected chi connectivity index (χ0v) is 12.2. The van der Waals surface area contributed by atoms with Crippen LogP contribution in [0.25, 0.3) is 0 Å². The summed E-state index contributed by atoms with van der Waals surface area (Å²) in [6, 6.07) is 5.39. The number of esters is 1. The molecule has 0 amide bonds. The van der Waals surface area contributed by atoms with Gasteiger partial charge in [0.05, 0.1) is 19.3 Å². The second kappa shape index (κ2) is 8.57. The van der Waals surface area contributed by atoms with Crippen molar-refractivity contribution in [1.29, 1.82) is 0 Å². The number of benzene rings is 1. The van der Waals surface area contributed by atoms with E-state index in [9.17, 15) is 4.79 Å². The van der Waals surface area contributed by atoms with Crippen LogP contribution in [0.3, 0.4) is 0 Å². The first-order valence-electron chi connectivity index (χ1n) is 7.00. The molecule has 0 heterocycles. The third-order valence-corrected chi connectivity index (χ3v) is 3.10. The van der Waals surface area contributed by atoms with Crippen LogP contribution >= 0.6 is 0 Å². The Balaban J connectivity index is 2.40. The first kappa shape index (κ1) is 15.5. The van der Waals surface area contributed by atoms with Gasteiger partial charge in [-0.05, 0) is 37.1 Å². The molecular weight excluding hydrogens is 240 g/mol. The second-order valence-electron chi connectivity index (χ2n) is 4.73. The van der Waals surface area contributed by atoms with Crippen LogP contribution in [0.5, 0.6) is 5.75 Å². The Bertz CT molecular complexity index is 399. The molecule has 1 aromatic carbocycles.